The molecule has 6 heteroatoms. The second-order valence-electron chi connectivity index (χ2n) is 4.35. The van der Waals surface area contributed by atoms with Crippen molar-refractivity contribution in [2.75, 3.05) is 0 Å². The van der Waals surface area contributed by atoms with E-state index in [-0.39, 0.29) is 11.3 Å². The molecule has 108 valence electrons. The van der Waals surface area contributed by atoms with Crippen LogP contribution in [0.1, 0.15) is 23.5 Å². The van der Waals surface area contributed by atoms with Crippen LogP contribution >= 0.6 is 62.2 Å². The van der Waals surface area contributed by atoms with E-state index in [1.807, 2.05) is 18.2 Å². The molecule has 2 atom stereocenters. The van der Waals surface area contributed by atoms with Crippen LogP contribution in [0.3, 0.4) is 0 Å². The number of halogens is 3. The van der Waals surface area contributed by atoms with Gasteiger partial charge in [0.1, 0.15) is 0 Å². The van der Waals surface area contributed by atoms with Gasteiger partial charge in [-0.3, -0.25) is 0 Å². The number of benzene rings is 1. The van der Waals surface area contributed by atoms with Gasteiger partial charge in [-0.25, -0.2) is 0 Å². The lowest BCUT2D eigenvalue weighted by Gasteiger charge is -2.21. The molecular formula is C14H14BrCl2NS2. The summed E-state index contributed by atoms with van der Waals surface area (Å²) in [5.41, 5.74) is 6.29. The van der Waals surface area contributed by atoms with Crippen molar-refractivity contribution in [3.8, 4) is 0 Å². The quantitative estimate of drug-likeness (QED) is 0.578. The molecule has 0 radical (unpaired) electrons. The fourth-order valence-electron chi connectivity index (χ4n) is 1.74. The topological polar surface area (TPSA) is 26.0 Å². The van der Waals surface area contributed by atoms with Crippen LogP contribution in [0.15, 0.2) is 39.0 Å². The lowest BCUT2D eigenvalue weighted by atomic mass is 10.1. The van der Waals surface area contributed by atoms with Gasteiger partial charge in [-0.15, -0.1) is 23.1 Å². The highest BCUT2D eigenvalue weighted by atomic mass is 79.9. The smallest absolute Gasteiger partial charge is 0.0603 e. The second kappa shape index (κ2) is 7.52. The van der Waals surface area contributed by atoms with Crippen molar-refractivity contribution < 1.29 is 0 Å². The van der Waals surface area contributed by atoms with Crippen molar-refractivity contribution in [2.45, 2.75) is 29.5 Å². The highest BCUT2D eigenvalue weighted by Crippen LogP contribution is 2.42. The zero-order valence-electron chi connectivity index (χ0n) is 10.8. The summed E-state index contributed by atoms with van der Waals surface area (Å²) in [5.74, 6) is 0. The van der Waals surface area contributed by atoms with Gasteiger partial charge in [-0.2, -0.15) is 0 Å². The second-order valence-corrected chi connectivity index (χ2v) is 8.24. The first-order valence-electron chi connectivity index (χ1n) is 6.12. The van der Waals surface area contributed by atoms with Crippen molar-refractivity contribution in [2.24, 2.45) is 5.73 Å². The van der Waals surface area contributed by atoms with E-state index >= 15 is 0 Å². The monoisotopic (exact) mass is 409 g/mol. The highest BCUT2D eigenvalue weighted by Gasteiger charge is 2.22. The van der Waals surface area contributed by atoms with Crippen molar-refractivity contribution in [1.29, 1.82) is 0 Å². The molecule has 1 aromatic carbocycles. The molecule has 0 aliphatic heterocycles. The highest BCUT2D eigenvalue weighted by molar-refractivity contribution is 9.10. The van der Waals surface area contributed by atoms with Gasteiger partial charge in [0.25, 0.3) is 0 Å². The summed E-state index contributed by atoms with van der Waals surface area (Å²) in [6, 6.07) is 7.93. The molecule has 0 amide bonds. The first-order valence-corrected chi connectivity index (χ1v) is 9.43. The van der Waals surface area contributed by atoms with Gasteiger partial charge in [0, 0.05) is 25.7 Å². The normalized spacial score (nSPS) is 14.2. The summed E-state index contributed by atoms with van der Waals surface area (Å²) in [6.07, 6.45) is 0.925. The minimum absolute atomic E-state index is 0.0972. The standard InChI is InChI=1S/C14H14BrCl2NS2/c1-2-12(18)14(13-5-8(15)7-19-13)20-9-3-4-10(16)11(17)6-9/h3-7,12,14H,2,18H2,1H3. The summed E-state index contributed by atoms with van der Waals surface area (Å²) in [5, 5.41) is 3.45. The lowest BCUT2D eigenvalue weighted by Crippen LogP contribution is -2.25. The Morgan fingerprint density at radius 1 is 1.30 bits per heavy atom. The van der Waals surface area contributed by atoms with Crippen molar-refractivity contribution >= 4 is 62.2 Å². The van der Waals surface area contributed by atoms with E-state index in [1.54, 1.807) is 23.1 Å². The number of thiophene rings is 1. The average Bonchev–Trinajstić information content (AvgIpc) is 2.85. The van der Waals surface area contributed by atoms with Crippen molar-refractivity contribution in [3.05, 3.63) is 49.0 Å². The molecule has 1 heterocycles. The Balaban J connectivity index is 2.25. The van der Waals surface area contributed by atoms with Gasteiger partial charge < -0.3 is 5.73 Å². The van der Waals surface area contributed by atoms with Crippen LogP contribution < -0.4 is 5.73 Å². The predicted molar refractivity (Wildman–Crippen MR) is 95.3 cm³/mol. The molecule has 0 saturated carbocycles. The summed E-state index contributed by atoms with van der Waals surface area (Å²) in [4.78, 5) is 2.35. The van der Waals surface area contributed by atoms with Gasteiger partial charge in [0.05, 0.1) is 15.3 Å². The van der Waals surface area contributed by atoms with E-state index in [0.29, 0.717) is 10.0 Å². The van der Waals surface area contributed by atoms with Crippen LogP contribution in [0.2, 0.25) is 10.0 Å². The SMILES string of the molecule is CCC(N)C(Sc1ccc(Cl)c(Cl)c1)c1cc(Br)cs1. The summed E-state index contributed by atoms with van der Waals surface area (Å²) in [7, 11) is 0. The molecule has 0 fully saturated rings. The summed E-state index contributed by atoms with van der Waals surface area (Å²) < 4.78 is 1.10. The Kier molecular flexibility index (Phi) is 6.26. The minimum atomic E-state index is 0.0972. The lowest BCUT2D eigenvalue weighted by molar-refractivity contribution is 0.640. The first-order chi connectivity index (χ1) is 9.51. The van der Waals surface area contributed by atoms with E-state index < -0.39 is 0 Å². The van der Waals surface area contributed by atoms with Gasteiger partial charge >= 0.3 is 0 Å². The molecular weight excluding hydrogens is 397 g/mol. The Bertz CT molecular complexity index is 588. The van der Waals surface area contributed by atoms with Crippen molar-refractivity contribution in [3.63, 3.8) is 0 Å². The molecule has 2 N–H and O–H groups in total. The fraction of sp³-hybridized carbons (Fsp3) is 0.286. The number of rotatable bonds is 5. The number of hydrogen-bond acceptors (Lipinski definition) is 3. The van der Waals surface area contributed by atoms with E-state index in [4.69, 9.17) is 28.9 Å². The number of thioether (sulfide) groups is 1. The van der Waals surface area contributed by atoms with Crippen LogP contribution in [0, 0.1) is 0 Å². The van der Waals surface area contributed by atoms with Gasteiger partial charge in [-0.05, 0) is 46.6 Å². The predicted octanol–water partition coefficient (Wildman–Crippen LogP) is 6.39. The Morgan fingerprint density at radius 3 is 2.60 bits per heavy atom. The van der Waals surface area contributed by atoms with Crippen LogP contribution in [-0.4, -0.2) is 6.04 Å². The maximum Gasteiger partial charge on any atom is 0.0603 e. The minimum Gasteiger partial charge on any atom is -0.326 e. The molecule has 0 aliphatic carbocycles. The number of nitrogens with two attached hydrogens (primary N) is 1. The molecule has 0 aliphatic rings. The largest absolute Gasteiger partial charge is 0.326 e. The zero-order chi connectivity index (χ0) is 14.7. The number of hydrogen-bond donors (Lipinski definition) is 1. The maximum absolute atomic E-state index is 6.29. The van der Waals surface area contributed by atoms with Gasteiger partial charge in [0.2, 0.25) is 0 Å². The Morgan fingerprint density at radius 2 is 2.05 bits per heavy atom. The maximum atomic E-state index is 6.29. The Labute approximate surface area is 146 Å². The van der Waals surface area contributed by atoms with E-state index in [0.717, 1.165) is 15.8 Å². The van der Waals surface area contributed by atoms with Crippen LogP contribution in [0.25, 0.3) is 0 Å². The van der Waals surface area contributed by atoms with Gasteiger partial charge in [0.15, 0.2) is 0 Å². The van der Waals surface area contributed by atoms with Crippen LogP contribution in [-0.2, 0) is 0 Å². The molecule has 0 bridgehead atoms. The first kappa shape index (κ1) is 16.7. The molecule has 1 aromatic heterocycles. The Hall–Kier alpha value is 0.290. The van der Waals surface area contributed by atoms with Gasteiger partial charge in [-0.1, -0.05) is 30.1 Å². The third-order valence-electron chi connectivity index (χ3n) is 2.88. The zero-order valence-corrected chi connectivity index (χ0v) is 15.5. The average molecular weight is 411 g/mol. The molecule has 2 rings (SSSR count). The third kappa shape index (κ3) is 4.15. The molecule has 20 heavy (non-hydrogen) atoms. The molecule has 0 saturated heterocycles. The summed E-state index contributed by atoms with van der Waals surface area (Å²) in [6.45, 7) is 2.11. The van der Waals surface area contributed by atoms with E-state index in [9.17, 15) is 0 Å². The van der Waals surface area contributed by atoms with Crippen LogP contribution in [0.5, 0.6) is 0 Å². The molecule has 0 spiro atoms. The summed E-state index contributed by atoms with van der Waals surface area (Å²) >= 11 is 19.0. The van der Waals surface area contributed by atoms with E-state index in [1.165, 1.54) is 4.88 Å². The van der Waals surface area contributed by atoms with Crippen molar-refractivity contribution in [1.82, 2.24) is 0 Å². The third-order valence-corrected chi connectivity index (χ3v) is 6.93. The van der Waals surface area contributed by atoms with Crippen LogP contribution in [0.4, 0.5) is 0 Å². The molecule has 1 nitrogen and oxygen atoms in total. The molecule has 2 aromatic rings. The van der Waals surface area contributed by atoms with E-state index in [2.05, 4.69) is 34.3 Å². The molecule has 2 unspecified atom stereocenters. The fourth-order valence-corrected chi connectivity index (χ4v) is 5.09.